The highest BCUT2D eigenvalue weighted by atomic mass is 16.5. The van der Waals surface area contributed by atoms with Crippen molar-refractivity contribution in [2.24, 2.45) is 0 Å². The second-order valence-electron chi connectivity index (χ2n) is 6.83. The molecule has 1 amide bonds. The Labute approximate surface area is 165 Å². The first-order valence-corrected chi connectivity index (χ1v) is 9.14. The van der Waals surface area contributed by atoms with E-state index in [9.17, 15) is 9.59 Å². The van der Waals surface area contributed by atoms with E-state index in [2.05, 4.69) is 5.32 Å². The molecule has 142 valence electrons. The van der Waals surface area contributed by atoms with Crippen LogP contribution in [0.1, 0.15) is 37.4 Å². The molecule has 0 spiro atoms. The molecule has 3 rings (SSSR count). The number of rotatable bonds is 6. The van der Waals surface area contributed by atoms with E-state index in [1.807, 2.05) is 57.2 Å². The van der Waals surface area contributed by atoms with Crippen LogP contribution in [0.3, 0.4) is 0 Å². The van der Waals surface area contributed by atoms with Crippen molar-refractivity contribution >= 4 is 17.4 Å². The number of hydrogen-bond acceptors (Lipinski definition) is 3. The number of anilines is 1. The fourth-order valence-electron chi connectivity index (χ4n) is 2.76. The van der Waals surface area contributed by atoms with Crippen molar-refractivity contribution < 1.29 is 14.3 Å². The molecule has 0 radical (unpaired) electrons. The molecule has 3 aromatic carbocycles. The molecular formula is C24H23NO3. The average molecular weight is 373 g/mol. The Morgan fingerprint density at radius 3 is 2.29 bits per heavy atom. The van der Waals surface area contributed by atoms with Crippen LogP contribution in [0.25, 0.3) is 0 Å². The molecular weight excluding hydrogens is 350 g/mol. The van der Waals surface area contributed by atoms with Gasteiger partial charge in [-0.25, -0.2) is 0 Å². The Kier molecular flexibility index (Phi) is 5.90. The fourth-order valence-corrected chi connectivity index (χ4v) is 2.76. The van der Waals surface area contributed by atoms with Crippen molar-refractivity contribution in [2.75, 3.05) is 11.9 Å². The van der Waals surface area contributed by atoms with Gasteiger partial charge in [0, 0.05) is 11.3 Å². The third-order valence-corrected chi connectivity index (χ3v) is 4.63. The number of carbonyl (C=O) groups excluding carboxylic acids is 2. The minimum absolute atomic E-state index is 0.128. The van der Waals surface area contributed by atoms with E-state index in [1.165, 1.54) is 0 Å². The lowest BCUT2D eigenvalue weighted by Crippen LogP contribution is -2.16. The molecule has 0 saturated heterocycles. The lowest BCUT2D eigenvalue weighted by molar-refractivity contribution is 0.0914. The van der Waals surface area contributed by atoms with Crippen molar-refractivity contribution in [2.45, 2.75) is 20.8 Å². The van der Waals surface area contributed by atoms with Gasteiger partial charge >= 0.3 is 0 Å². The van der Waals surface area contributed by atoms with E-state index in [0.717, 1.165) is 16.7 Å². The number of carbonyl (C=O) groups is 2. The average Bonchev–Trinajstić information content (AvgIpc) is 2.70. The van der Waals surface area contributed by atoms with Crippen LogP contribution in [-0.2, 0) is 0 Å². The standard InChI is InChI=1S/C24H23NO3/c1-16-8-12-20(13-9-16)25-24(27)21-6-4-5-7-23(21)28-15-22(26)19-11-10-17(2)18(3)14-19/h4-14H,15H2,1-3H3,(H,25,27). The maximum Gasteiger partial charge on any atom is 0.259 e. The highest BCUT2D eigenvalue weighted by molar-refractivity contribution is 6.06. The van der Waals surface area contributed by atoms with Crippen molar-refractivity contribution in [1.29, 1.82) is 0 Å². The molecule has 0 aliphatic rings. The highest BCUT2D eigenvalue weighted by Crippen LogP contribution is 2.21. The smallest absolute Gasteiger partial charge is 0.259 e. The van der Waals surface area contributed by atoms with E-state index >= 15 is 0 Å². The lowest BCUT2D eigenvalue weighted by Gasteiger charge is -2.12. The Morgan fingerprint density at radius 1 is 0.857 bits per heavy atom. The quantitative estimate of drug-likeness (QED) is 0.610. The van der Waals surface area contributed by atoms with Gasteiger partial charge in [-0.3, -0.25) is 9.59 Å². The van der Waals surface area contributed by atoms with Crippen LogP contribution in [0.15, 0.2) is 66.7 Å². The third kappa shape index (κ3) is 4.65. The third-order valence-electron chi connectivity index (χ3n) is 4.63. The monoisotopic (exact) mass is 373 g/mol. The molecule has 0 heterocycles. The fraction of sp³-hybridized carbons (Fsp3) is 0.167. The topological polar surface area (TPSA) is 55.4 Å². The highest BCUT2D eigenvalue weighted by Gasteiger charge is 2.14. The zero-order valence-corrected chi connectivity index (χ0v) is 16.3. The number of benzene rings is 3. The molecule has 28 heavy (non-hydrogen) atoms. The van der Waals surface area contributed by atoms with Gasteiger partial charge in [0.1, 0.15) is 5.75 Å². The van der Waals surface area contributed by atoms with Gasteiger partial charge in [-0.1, -0.05) is 42.0 Å². The molecule has 0 fully saturated rings. The van der Waals surface area contributed by atoms with Crippen LogP contribution >= 0.6 is 0 Å². The lowest BCUT2D eigenvalue weighted by atomic mass is 10.0. The van der Waals surface area contributed by atoms with E-state index < -0.39 is 0 Å². The summed E-state index contributed by atoms with van der Waals surface area (Å²) in [6.07, 6.45) is 0. The second kappa shape index (κ2) is 8.53. The summed E-state index contributed by atoms with van der Waals surface area (Å²) in [6.45, 7) is 5.83. The van der Waals surface area contributed by atoms with Crippen molar-refractivity contribution in [3.05, 3.63) is 94.5 Å². The van der Waals surface area contributed by atoms with Gasteiger partial charge < -0.3 is 10.1 Å². The first-order valence-electron chi connectivity index (χ1n) is 9.14. The van der Waals surface area contributed by atoms with Crippen LogP contribution < -0.4 is 10.1 Å². The summed E-state index contributed by atoms with van der Waals surface area (Å²) in [4.78, 5) is 25.1. The van der Waals surface area contributed by atoms with Gasteiger partial charge in [0.05, 0.1) is 5.56 Å². The first kappa shape index (κ1) is 19.4. The zero-order chi connectivity index (χ0) is 20.1. The Hall–Kier alpha value is -3.40. The van der Waals surface area contributed by atoms with E-state index in [0.29, 0.717) is 22.6 Å². The first-order chi connectivity index (χ1) is 13.4. The number of Topliss-reactive ketones (excluding diaryl/α,β-unsaturated/α-hetero) is 1. The van der Waals surface area contributed by atoms with E-state index in [4.69, 9.17) is 4.74 Å². The molecule has 4 nitrogen and oxygen atoms in total. The Morgan fingerprint density at radius 2 is 1.57 bits per heavy atom. The molecule has 3 aromatic rings. The second-order valence-corrected chi connectivity index (χ2v) is 6.83. The molecule has 0 saturated carbocycles. The Bertz CT molecular complexity index is 1010. The van der Waals surface area contributed by atoms with Gasteiger partial charge in [0.15, 0.2) is 12.4 Å². The largest absolute Gasteiger partial charge is 0.485 e. The number of para-hydroxylation sites is 1. The molecule has 0 aliphatic heterocycles. The minimum Gasteiger partial charge on any atom is -0.485 e. The summed E-state index contributed by atoms with van der Waals surface area (Å²) < 4.78 is 5.69. The maximum absolute atomic E-state index is 12.6. The SMILES string of the molecule is Cc1ccc(NC(=O)c2ccccc2OCC(=O)c2ccc(C)c(C)c2)cc1. The molecule has 1 N–H and O–H groups in total. The zero-order valence-electron chi connectivity index (χ0n) is 16.3. The van der Waals surface area contributed by atoms with Gasteiger partial charge in [0.25, 0.3) is 5.91 Å². The summed E-state index contributed by atoms with van der Waals surface area (Å²) in [5, 5.41) is 2.85. The normalized spacial score (nSPS) is 10.4. The van der Waals surface area contributed by atoms with Crippen molar-refractivity contribution in [3.63, 3.8) is 0 Å². The molecule has 0 unspecified atom stereocenters. The predicted molar refractivity (Wildman–Crippen MR) is 111 cm³/mol. The van der Waals surface area contributed by atoms with Gasteiger partial charge in [0.2, 0.25) is 0 Å². The van der Waals surface area contributed by atoms with Crippen LogP contribution in [0.2, 0.25) is 0 Å². The van der Waals surface area contributed by atoms with Crippen LogP contribution in [0, 0.1) is 20.8 Å². The van der Waals surface area contributed by atoms with Crippen molar-refractivity contribution in [1.82, 2.24) is 0 Å². The van der Waals surface area contributed by atoms with Crippen LogP contribution in [0.5, 0.6) is 5.75 Å². The molecule has 0 aliphatic carbocycles. The van der Waals surface area contributed by atoms with Gasteiger partial charge in [-0.15, -0.1) is 0 Å². The summed E-state index contributed by atoms with van der Waals surface area (Å²) >= 11 is 0. The summed E-state index contributed by atoms with van der Waals surface area (Å²) in [5.74, 6) is -0.0285. The van der Waals surface area contributed by atoms with E-state index in [1.54, 1.807) is 30.3 Å². The van der Waals surface area contributed by atoms with Crippen molar-refractivity contribution in [3.8, 4) is 5.75 Å². The number of ether oxygens (including phenoxy) is 1. The summed E-state index contributed by atoms with van der Waals surface area (Å²) in [5.41, 5.74) is 5.00. The summed E-state index contributed by atoms with van der Waals surface area (Å²) in [7, 11) is 0. The number of nitrogens with one attached hydrogen (secondary N) is 1. The number of aryl methyl sites for hydroxylation is 3. The van der Waals surface area contributed by atoms with Gasteiger partial charge in [-0.2, -0.15) is 0 Å². The molecule has 0 atom stereocenters. The maximum atomic E-state index is 12.6. The minimum atomic E-state index is -0.280. The molecule has 4 heteroatoms. The van der Waals surface area contributed by atoms with Gasteiger partial charge in [-0.05, 0) is 62.2 Å². The number of ketones is 1. The summed E-state index contributed by atoms with van der Waals surface area (Å²) in [6, 6.07) is 20.0. The molecule has 0 bridgehead atoms. The van der Waals surface area contributed by atoms with Crippen LogP contribution in [0.4, 0.5) is 5.69 Å². The predicted octanol–water partition coefficient (Wildman–Crippen LogP) is 5.13. The number of amides is 1. The van der Waals surface area contributed by atoms with E-state index in [-0.39, 0.29) is 18.3 Å². The number of hydrogen-bond donors (Lipinski definition) is 1. The molecule has 0 aromatic heterocycles. The Balaban J connectivity index is 1.71. The van der Waals surface area contributed by atoms with Crippen LogP contribution in [-0.4, -0.2) is 18.3 Å².